The van der Waals surface area contributed by atoms with Crippen LogP contribution in [0.2, 0.25) is 0 Å². The first-order valence-corrected chi connectivity index (χ1v) is 5.23. The van der Waals surface area contributed by atoms with Crippen LogP contribution >= 0.6 is 0 Å². The predicted molar refractivity (Wildman–Crippen MR) is 63.5 cm³/mol. The van der Waals surface area contributed by atoms with Gasteiger partial charge in [0, 0.05) is 23.9 Å². The molecule has 6 nitrogen and oxygen atoms in total. The van der Waals surface area contributed by atoms with Gasteiger partial charge in [-0.15, -0.1) is 0 Å². The van der Waals surface area contributed by atoms with Crippen LogP contribution in [0.15, 0.2) is 30.5 Å². The lowest BCUT2D eigenvalue weighted by Crippen LogP contribution is -2.11. The van der Waals surface area contributed by atoms with E-state index >= 15 is 0 Å². The first kappa shape index (κ1) is 13.7. The summed E-state index contributed by atoms with van der Waals surface area (Å²) in [4.78, 5) is 17.1. The summed E-state index contributed by atoms with van der Waals surface area (Å²) in [5.74, 6) is -0.840. The van der Waals surface area contributed by atoms with Gasteiger partial charge in [-0.1, -0.05) is 12.1 Å². The molecular weight excluding hydrogens is 277 g/mol. The Morgan fingerprint density at radius 2 is 2.00 bits per heavy atom. The van der Waals surface area contributed by atoms with E-state index in [2.05, 4.69) is 9.97 Å². The van der Waals surface area contributed by atoms with E-state index in [4.69, 9.17) is 5.73 Å². The number of anilines is 1. The molecule has 0 unspecified atom stereocenters. The number of rotatable bonds is 2. The van der Waals surface area contributed by atoms with Crippen LogP contribution in [0.3, 0.4) is 0 Å². The molecule has 0 aliphatic carbocycles. The van der Waals surface area contributed by atoms with Crippen molar-refractivity contribution in [3.63, 3.8) is 0 Å². The van der Waals surface area contributed by atoms with Crippen LogP contribution in [0.25, 0.3) is 11.4 Å². The number of halogens is 3. The molecule has 1 heterocycles. The second-order valence-corrected chi connectivity index (χ2v) is 3.80. The van der Waals surface area contributed by atoms with E-state index in [1.165, 1.54) is 18.2 Å². The third-order valence-corrected chi connectivity index (χ3v) is 2.44. The maximum Gasteiger partial charge on any atom is 0.421 e. The van der Waals surface area contributed by atoms with E-state index in [9.17, 15) is 23.3 Å². The molecule has 0 bridgehead atoms. The molecule has 0 saturated carbocycles. The third-order valence-electron chi connectivity index (χ3n) is 2.44. The zero-order chi connectivity index (χ0) is 14.9. The smallest absolute Gasteiger partial charge is 0.383 e. The van der Waals surface area contributed by atoms with Gasteiger partial charge < -0.3 is 5.73 Å². The number of hydrogen-bond donors (Lipinski definition) is 1. The minimum absolute atomic E-state index is 0.112. The molecule has 1 aromatic heterocycles. The van der Waals surface area contributed by atoms with Crippen LogP contribution in [0, 0.1) is 10.1 Å². The molecule has 104 valence electrons. The number of nitrogens with two attached hydrogens (primary N) is 1. The zero-order valence-corrected chi connectivity index (χ0v) is 9.76. The third kappa shape index (κ3) is 2.66. The van der Waals surface area contributed by atoms with Crippen LogP contribution in [0.4, 0.5) is 24.7 Å². The molecule has 0 amide bonds. The lowest BCUT2D eigenvalue weighted by molar-refractivity contribution is -0.384. The SMILES string of the molecule is Nc1nc(-c2cccc([N+](=O)[O-])c2)ncc1C(F)(F)F. The van der Waals surface area contributed by atoms with Crippen molar-refractivity contribution in [1.29, 1.82) is 0 Å². The first-order chi connectivity index (χ1) is 9.29. The summed E-state index contributed by atoms with van der Waals surface area (Å²) in [5.41, 5.74) is 4.08. The van der Waals surface area contributed by atoms with Gasteiger partial charge in [-0.25, -0.2) is 9.97 Å². The van der Waals surface area contributed by atoms with Crippen molar-refractivity contribution in [1.82, 2.24) is 9.97 Å². The van der Waals surface area contributed by atoms with Gasteiger partial charge in [-0.2, -0.15) is 13.2 Å². The summed E-state index contributed by atoms with van der Waals surface area (Å²) in [6.07, 6.45) is -4.10. The monoisotopic (exact) mass is 284 g/mol. The molecule has 2 aromatic rings. The molecule has 0 saturated heterocycles. The minimum Gasteiger partial charge on any atom is -0.383 e. The number of non-ortho nitro benzene ring substituents is 1. The van der Waals surface area contributed by atoms with E-state index in [1.54, 1.807) is 0 Å². The van der Waals surface area contributed by atoms with Gasteiger partial charge in [-0.05, 0) is 0 Å². The van der Waals surface area contributed by atoms with E-state index in [-0.39, 0.29) is 17.1 Å². The number of nitro groups is 1. The number of nitro benzene ring substituents is 1. The normalized spacial score (nSPS) is 11.3. The topological polar surface area (TPSA) is 94.9 Å². The Kier molecular flexibility index (Phi) is 3.26. The molecule has 0 aliphatic heterocycles. The Balaban J connectivity index is 2.47. The average Bonchev–Trinajstić information content (AvgIpc) is 2.37. The highest BCUT2D eigenvalue weighted by Gasteiger charge is 2.34. The van der Waals surface area contributed by atoms with Crippen LogP contribution in [-0.2, 0) is 6.18 Å². The molecule has 0 radical (unpaired) electrons. The number of nitrogen functional groups attached to an aromatic ring is 1. The van der Waals surface area contributed by atoms with Crippen molar-refractivity contribution in [3.05, 3.63) is 46.1 Å². The second-order valence-electron chi connectivity index (χ2n) is 3.80. The largest absolute Gasteiger partial charge is 0.421 e. The first-order valence-electron chi connectivity index (χ1n) is 5.23. The molecule has 0 aliphatic rings. The van der Waals surface area contributed by atoms with Crippen LogP contribution in [0.5, 0.6) is 0 Å². The standard InChI is InChI=1S/C11H7F3N4O2/c12-11(13,14)8-5-16-10(17-9(8)15)6-2-1-3-7(4-6)18(19)20/h1-5H,(H2,15,16,17). The fraction of sp³-hybridized carbons (Fsp3) is 0.0909. The molecule has 0 spiro atoms. The fourth-order valence-corrected chi connectivity index (χ4v) is 1.51. The van der Waals surface area contributed by atoms with E-state index in [0.29, 0.717) is 6.20 Å². The van der Waals surface area contributed by atoms with Crippen molar-refractivity contribution in [2.24, 2.45) is 0 Å². The Hall–Kier alpha value is -2.71. The molecular formula is C11H7F3N4O2. The van der Waals surface area contributed by atoms with Gasteiger partial charge in [0.25, 0.3) is 5.69 Å². The maximum absolute atomic E-state index is 12.5. The number of nitrogens with zero attached hydrogens (tertiary/aromatic N) is 3. The summed E-state index contributed by atoms with van der Waals surface area (Å²) in [5, 5.41) is 10.6. The number of benzene rings is 1. The molecule has 2 rings (SSSR count). The van der Waals surface area contributed by atoms with E-state index in [1.807, 2.05) is 0 Å². The van der Waals surface area contributed by atoms with Crippen LogP contribution in [-0.4, -0.2) is 14.9 Å². The average molecular weight is 284 g/mol. The van der Waals surface area contributed by atoms with Gasteiger partial charge in [0.1, 0.15) is 11.4 Å². The Morgan fingerprint density at radius 1 is 1.30 bits per heavy atom. The van der Waals surface area contributed by atoms with Gasteiger partial charge in [0.15, 0.2) is 5.82 Å². The Morgan fingerprint density at radius 3 is 2.55 bits per heavy atom. The highest BCUT2D eigenvalue weighted by molar-refractivity contribution is 5.61. The van der Waals surface area contributed by atoms with Crippen molar-refractivity contribution in [2.75, 3.05) is 5.73 Å². The summed E-state index contributed by atoms with van der Waals surface area (Å²) in [6.45, 7) is 0. The fourth-order valence-electron chi connectivity index (χ4n) is 1.51. The van der Waals surface area contributed by atoms with Crippen molar-refractivity contribution in [3.8, 4) is 11.4 Å². The van der Waals surface area contributed by atoms with Gasteiger partial charge in [-0.3, -0.25) is 10.1 Å². The summed E-state index contributed by atoms with van der Waals surface area (Å²) >= 11 is 0. The minimum atomic E-state index is -4.65. The number of hydrogen-bond acceptors (Lipinski definition) is 5. The van der Waals surface area contributed by atoms with Gasteiger partial charge in [0.05, 0.1) is 4.92 Å². The molecule has 0 fully saturated rings. The molecule has 20 heavy (non-hydrogen) atoms. The molecule has 9 heteroatoms. The maximum atomic E-state index is 12.5. The van der Waals surface area contributed by atoms with Gasteiger partial charge >= 0.3 is 6.18 Å². The lowest BCUT2D eigenvalue weighted by Gasteiger charge is -2.09. The highest BCUT2D eigenvalue weighted by Crippen LogP contribution is 2.33. The van der Waals surface area contributed by atoms with E-state index in [0.717, 1.165) is 6.07 Å². The molecule has 2 N–H and O–H groups in total. The van der Waals surface area contributed by atoms with Crippen molar-refractivity contribution >= 4 is 11.5 Å². The highest BCUT2D eigenvalue weighted by atomic mass is 19.4. The molecule has 0 atom stereocenters. The Labute approximate surface area is 110 Å². The number of aromatic nitrogens is 2. The molecule has 1 aromatic carbocycles. The van der Waals surface area contributed by atoms with Crippen molar-refractivity contribution in [2.45, 2.75) is 6.18 Å². The van der Waals surface area contributed by atoms with E-state index < -0.39 is 22.5 Å². The van der Waals surface area contributed by atoms with Crippen LogP contribution < -0.4 is 5.73 Å². The number of alkyl halides is 3. The zero-order valence-electron chi connectivity index (χ0n) is 9.76. The predicted octanol–water partition coefficient (Wildman–Crippen LogP) is 2.65. The quantitative estimate of drug-likeness (QED) is 0.675. The summed E-state index contributed by atoms with van der Waals surface area (Å²) in [7, 11) is 0. The van der Waals surface area contributed by atoms with Crippen LogP contribution in [0.1, 0.15) is 5.56 Å². The van der Waals surface area contributed by atoms with Crippen molar-refractivity contribution < 1.29 is 18.1 Å². The Bertz CT molecular complexity index is 673. The summed E-state index contributed by atoms with van der Waals surface area (Å²) in [6, 6.07) is 5.22. The lowest BCUT2D eigenvalue weighted by atomic mass is 10.2. The summed E-state index contributed by atoms with van der Waals surface area (Å²) < 4.78 is 37.5. The van der Waals surface area contributed by atoms with Gasteiger partial charge in [0.2, 0.25) is 0 Å². The second kappa shape index (κ2) is 4.76.